The molecule has 2 aromatic rings. The summed E-state index contributed by atoms with van der Waals surface area (Å²) in [6, 6.07) is 3.48. The maximum absolute atomic E-state index is 5.60. The third-order valence-corrected chi connectivity index (χ3v) is 2.27. The highest BCUT2D eigenvalue weighted by Gasteiger charge is 2.00. The van der Waals surface area contributed by atoms with E-state index < -0.39 is 0 Å². The molecule has 0 aliphatic carbocycles. The number of hydrogen-bond donors (Lipinski definition) is 2. The number of aromatic nitrogens is 3. The standard InChI is InChI=1S/C8H9N5S/c1-5-11-8(14-13-5)12-7-4-6(9)2-3-10-7/h2-4H,1H3,(H3,9,10,11,12,13). The van der Waals surface area contributed by atoms with E-state index in [-0.39, 0.29) is 0 Å². The van der Waals surface area contributed by atoms with E-state index in [1.807, 2.05) is 6.92 Å². The molecule has 0 saturated carbocycles. The quantitative estimate of drug-likeness (QED) is 0.781. The number of anilines is 3. The molecule has 0 fully saturated rings. The van der Waals surface area contributed by atoms with Gasteiger partial charge in [-0.1, -0.05) is 0 Å². The van der Waals surface area contributed by atoms with Gasteiger partial charge in [0.15, 0.2) is 0 Å². The van der Waals surface area contributed by atoms with Gasteiger partial charge in [0.1, 0.15) is 11.6 Å². The Bertz CT molecular complexity index is 439. The summed E-state index contributed by atoms with van der Waals surface area (Å²) in [5.74, 6) is 1.43. The zero-order chi connectivity index (χ0) is 9.97. The molecule has 0 aliphatic heterocycles. The molecule has 2 aromatic heterocycles. The third-order valence-electron chi connectivity index (χ3n) is 1.55. The molecule has 0 aliphatic rings. The zero-order valence-corrected chi connectivity index (χ0v) is 8.38. The van der Waals surface area contributed by atoms with Gasteiger partial charge in [0, 0.05) is 29.5 Å². The lowest BCUT2D eigenvalue weighted by atomic mass is 10.4. The van der Waals surface area contributed by atoms with Crippen molar-refractivity contribution in [3.8, 4) is 0 Å². The smallest absolute Gasteiger partial charge is 0.208 e. The molecule has 0 amide bonds. The van der Waals surface area contributed by atoms with Gasteiger partial charge in [-0.15, -0.1) is 0 Å². The fourth-order valence-corrected chi connectivity index (χ4v) is 1.56. The first-order chi connectivity index (χ1) is 6.74. The van der Waals surface area contributed by atoms with Crippen LogP contribution in [0.3, 0.4) is 0 Å². The lowest BCUT2D eigenvalue weighted by molar-refractivity contribution is 1.16. The summed E-state index contributed by atoms with van der Waals surface area (Å²) in [6.45, 7) is 1.84. The lowest BCUT2D eigenvalue weighted by Gasteiger charge is -2.00. The summed E-state index contributed by atoms with van der Waals surface area (Å²) in [5, 5.41) is 3.74. The largest absolute Gasteiger partial charge is 0.399 e. The van der Waals surface area contributed by atoms with Crippen LogP contribution in [0.4, 0.5) is 16.6 Å². The summed E-state index contributed by atoms with van der Waals surface area (Å²) in [4.78, 5) is 8.24. The van der Waals surface area contributed by atoms with Crippen LogP contribution in [0.25, 0.3) is 0 Å². The summed E-state index contributed by atoms with van der Waals surface area (Å²) in [6.07, 6.45) is 1.64. The molecule has 0 spiro atoms. The van der Waals surface area contributed by atoms with Crippen molar-refractivity contribution >= 4 is 28.2 Å². The molecule has 2 rings (SSSR count). The van der Waals surface area contributed by atoms with Crippen LogP contribution in [0.5, 0.6) is 0 Å². The van der Waals surface area contributed by atoms with E-state index in [0.29, 0.717) is 11.5 Å². The van der Waals surface area contributed by atoms with Gasteiger partial charge < -0.3 is 11.1 Å². The number of nitrogen functional groups attached to an aromatic ring is 1. The van der Waals surface area contributed by atoms with Crippen molar-refractivity contribution in [3.05, 3.63) is 24.2 Å². The topological polar surface area (TPSA) is 76.7 Å². The predicted molar refractivity (Wildman–Crippen MR) is 56.6 cm³/mol. The van der Waals surface area contributed by atoms with Crippen molar-refractivity contribution in [1.29, 1.82) is 0 Å². The first kappa shape index (κ1) is 8.89. The molecule has 14 heavy (non-hydrogen) atoms. The fourth-order valence-electron chi connectivity index (χ4n) is 0.973. The molecule has 0 atom stereocenters. The van der Waals surface area contributed by atoms with Crippen molar-refractivity contribution < 1.29 is 0 Å². The van der Waals surface area contributed by atoms with Gasteiger partial charge in [-0.05, 0) is 13.0 Å². The fraction of sp³-hybridized carbons (Fsp3) is 0.125. The Morgan fingerprint density at radius 3 is 3.00 bits per heavy atom. The number of nitrogens with zero attached hydrogens (tertiary/aromatic N) is 3. The SMILES string of the molecule is Cc1nsc(Nc2cc(N)ccn2)n1. The molecule has 5 nitrogen and oxygen atoms in total. The van der Waals surface area contributed by atoms with Crippen LogP contribution in [0.1, 0.15) is 5.82 Å². The Balaban J connectivity index is 2.18. The molecule has 0 saturated heterocycles. The highest BCUT2D eigenvalue weighted by molar-refractivity contribution is 7.09. The Hall–Kier alpha value is -1.69. The first-order valence-corrected chi connectivity index (χ1v) is 4.80. The summed E-state index contributed by atoms with van der Waals surface area (Å²) in [7, 11) is 0. The van der Waals surface area contributed by atoms with Crippen molar-refractivity contribution in [2.24, 2.45) is 0 Å². The van der Waals surface area contributed by atoms with Crippen LogP contribution in [-0.2, 0) is 0 Å². The molecule has 0 bridgehead atoms. The molecule has 0 radical (unpaired) electrons. The number of hydrogen-bond acceptors (Lipinski definition) is 6. The van der Waals surface area contributed by atoms with Gasteiger partial charge in [-0.25, -0.2) is 9.97 Å². The van der Waals surface area contributed by atoms with E-state index in [1.54, 1.807) is 18.3 Å². The Kier molecular flexibility index (Phi) is 2.28. The van der Waals surface area contributed by atoms with Crippen molar-refractivity contribution in [1.82, 2.24) is 14.3 Å². The molecule has 0 unspecified atom stereocenters. The van der Waals surface area contributed by atoms with Crippen LogP contribution < -0.4 is 11.1 Å². The summed E-state index contributed by atoms with van der Waals surface area (Å²) in [5.41, 5.74) is 6.27. The monoisotopic (exact) mass is 207 g/mol. The van der Waals surface area contributed by atoms with Gasteiger partial charge in [0.05, 0.1) is 0 Å². The van der Waals surface area contributed by atoms with Crippen LogP contribution in [0.15, 0.2) is 18.3 Å². The minimum absolute atomic E-state index is 0.670. The maximum atomic E-state index is 5.60. The van der Waals surface area contributed by atoms with Crippen molar-refractivity contribution in [2.45, 2.75) is 6.92 Å². The van der Waals surface area contributed by atoms with Crippen LogP contribution in [0.2, 0.25) is 0 Å². The van der Waals surface area contributed by atoms with Crippen molar-refractivity contribution in [3.63, 3.8) is 0 Å². The summed E-state index contributed by atoms with van der Waals surface area (Å²) >= 11 is 1.30. The molecule has 6 heteroatoms. The number of pyridine rings is 1. The van der Waals surface area contributed by atoms with Gasteiger partial charge in [0.25, 0.3) is 0 Å². The van der Waals surface area contributed by atoms with Gasteiger partial charge >= 0.3 is 0 Å². The first-order valence-electron chi connectivity index (χ1n) is 4.03. The predicted octanol–water partition coefficient (Wildman–Crippen LogP) is 1.57. The Morgan fingerprint density at radius 2 is 2.36 bits per heavy atom. The second-order valence-corrected chi connectivity index (χ2v) is 3.50. The highest BCUT2D eigenvalue weighted by Crippen LogP contribution is 2.17. The number of nitrogens with two attached hydrogens (primary N) is 1. The minimum atomic E-state index is 0.670. The van der Waals surface area contributed by atoms with E-state index >= 15 is 0 Å². The average molecular weight is 207 g/mol. The van der Waals surface area contributed by atoms with Gasteiger partial charge in [-0.3, -0.25) is 0 Å². The van der Waals surface area contributed by atoms with E-state index in [9.17, 15) is 0 Å². The molecule has 2 heterocycles. The van der Waals surface area contributed by atoms with Gasteiger partial charge in [-0.2, -0.15) is 4.37 Å². The van der Waals surface area contributed by atoms with Crippen molar-refractivity contribution in [2.75, 3.05) is 11.1 Å². The number of nitrogens with one attached hydrogen (secondary N) is 1. The van der Waals surface area contributed by atoms with E-state index in [2.05, 4.69) is 19.7 Å². The van der Waals surface area contributed by atoms with Crippen LogP contribution in [-0.4, -0.2) is 14.3 Å². The van der Waals surface area contributed by atoms with E-state index in [1.165, 1.54) is 11.5 Å². The van der Waals surface area contributed by atoms with E-state index in [0.717, 1.165) is 11.0 Å². The van der Waals surface area contributed by atoms with E-state index in [4.69, 9.17) is 5.73 Å². The third kappa shape index (κ3) is 1.97. The molecule has 3 N–H and O–H groups in total. The number of rotatable bonds is 2. The molecule has 0 aromatic carbocycles. The normalized spacial score (nSPS) is 10.1. The van der Waals surface area contributed by atoms with Crippen LogP contribution >= 0.6 is 11.5 Å². The van der Waals surface area contributed by atoms with Crippen LogP contribution in [0, 0.1) is 6.92 Å². The average Bonchev–Trinajstić information content (AvgIpc) is 2.51. The Morgan fingerprint density at radius 1 is 1.50 bits per heavy atom. The summed E-state index contributed by atoms with van der Waals surface area (Å²) < 4.78 is 4.04. The molecular formula is C8H9N5S. The zero-order valence-electron chi connectivity index (χ0n) is 7.56. The molecule has 72 valence electrons. The number of aryl methyl sites for hydroxylation is 1. The lowest BCUT2D eigenvalue weighted by Crippen LogP contribution is -1.94. The minimum Gasteiger partial charge on any atom is -0.399 e. The highest BCUT2D eigenvalue weighted by atomic mass is 32.1. The van der Waals surface area contributed by atoms with Gasteiger partial charge in [0.2, 0.25) is 5.13 Å². The Labute approximate surface area is 85.2 Å². The second kappa shape index (κ2) is 3.59. The maximum Gasteiger partial charge on any atom is 0.208 e. The second-order valence-electron chi connectivity index (χ2n) is 2.75. The molecular weight excluding hydrogens is 198 g/mol.